The summed E-state index contributed by atoms with van der Waals surface area (Å²) in [7, 11) is 3.49. The summed E-state index contributed by atoms with van der Waals surface area (Å²) < 4.78 is 49.5. The molecule has 1 aromatic heterocycles. The highest BCUT2D eigenvalue weighted by Crippen LogP contribution is 2.36. The van der Waals surface area contributed by atoms with Gasteiger partial charge in [0.05, 0.1) is 30.3 Å². The number of hydrogen-bond acceptors (Lipinski definition) is 7. The summed E-state index contributed by atoms with van der Waals surface area (Å²) in [6.45, 7) is 2.64. The van der Waals surface area contributed by atoms with Crippen molar-refractivity contribution in [1.82, 2.24) is 19.8 Å². The molecule has 1 N–H and O–H groups in total. The average molecular weight is 580 g/mol. The minimum Gasteiger partial charge on any atom is -0.493 e. The molecule has 2 heterocycles. The third kappa shape index (κ3) is 6.60. The maximum absolute atomic E-state index is 12.8. The van der Waals surface area contributed by atoms with Crippen LogP contribution in [0.4, 0.5) is 23.7 Å². The molecule has 0 atom stereocenters. The van der Waals surface area contributed by atoms with Crippen molar-refractivity contribution in [2.45, 2.75) is 12.6 Å². The number of likely N-dealkylation sites (N-methyl/N-ethyl adjacent to an activating group) is 1. The second kappa shape index (κ2) is 12.0. The number of anilines is 1. The predicted molar refractivity (Wildman–Crippen MR) is 150 cm³/mol. The van der Waals surface area contributed by atoms with Crippen molar-refractivity contribution in [2.75, 3.05) is 45.7 Å². The standard InChI is InChI=1S/C30H28F3N5O4/c1-37-11-13-38(14-12-37)29(40)42-26-16-23-24(17-25(26)41-2)34-18-35-28(23)20-5-9-22(10-6-20)36-27(39)15-19-3-7-21(8-4-19)30(31,32)33/h3-10,16-18H,11-15H2,1-2H3,(H,36,39). The lowest BCUT2D eigenvalue weighted by atomic mass is 10.1. The number of amides is 2. The lowest BCUT2D eigenvalue weighted by Crippen LogP contribution is -2.48. The van der Waals surface area contributed by atoms with Crippen LogP contribution in [0.15, 0.2) is 67.0 Å². The molecule has 4 aromatic rings. The Kier molecular flexibility index (Phi) is 8.25. The molecule has 218 valence electrons. The van der Waals surface area contributed by atoms with Crippen molar-refractivity contribution in [3.8, 4) is 22.8 Å². The van der Waals surface area contributed by atoms with Crippen LogP contribution in [0.25, 0.3) is 22.2 Å². The van der Waals surface area contributed by atoms with Gasteiger partial charge < -0.3 is 24.6 Å². The first-order chi connectivity index (χ1) is 20.1. The van der Waals surface area contributed by atoms with Crippen molar-refractivity contribution < 1.29 is 32.2 Å². The fourth-order valence-corrected chi connectivity index (χ4v) is 4.59. The highest BCUT2D eigenvalue weighted by molar-refractivity contribution is 5.96. The van der Waals surface area contributed by atoms with Gasteiger partial charge >= 0.3 is 12.3 Å². The fraction of sp³-hybridized carbons (Fsp3) is 0.267. The van der Waals surface area contributed by atoms with Crippen molar-refractivity contribution in [3.63, 3.8) is 0 Å². The summed E-state index contributed by atoms with van der Waals surface area (Å²) >= 11 is 0. The summed E-state index contributed by atoms with van der Waals surface area (Å²) in [4.78, 5) is 37.9. The molecule has 42 heavy (non-hydrogen) atoms. The molecule has 5 rings (SSSR count). The number of rotatable bonds is 6. The summed E-state index contributed by atoms with van der Waals surface area (Å²) in [5, 5.41) is 3.39. The molecule has 0 radical (unpaired) electrons. The van der Waals surface area contributed by atoms with E-state index in [1.807, 2.05) is 7.05 Å². The van der Waals surface area contributed by atoms with Crippen molar-refractivity contribution in [2.24, 2.45) is 0 Å². The number of benzene rings is 3. The van der Waals surface area contributed by atoms with E-state index in [9.17, 15) is 22.8 Å². The van der Waals surface area contributed by atoms with Crippen LogP contribution in [-0.4, -0.2) is 72.1 Å². The van der Waals surface area contributed by atoms with E-state index in [4.69, 9.17) is 9.47 Å². The maximum atomic E-state index is 12.8. The van der Waals surface area contributed by atoms with Crippen LogP contribution in [0.2, 0.25) is 0 Å². The van der Waals surface area contributed by atoms with E-state index in [1.165, 1.54) is 25.6 Å². The molecule has 3 aromatic carbocycles. The topological polar surface area (TPSA) is 96.9 Å². The number of ether oxygens (including phenoxy) is 2. The Bertz CT molecular complexity index is 1590. The number of alkyl halides is 3. The highest BCUT2D eigenvalue weighted by Gasteiger charge is 2.30. The second-order valence-electron chi connectivity index (χ2n) is 9.90. The second-order valence-corrected chi connectivity index (χ2v) is 9.90. The van der Waals surface area contributed by atoms with Crippen LogP contribution in [0.3, 0.4) is 0 Å². The van der Waals surface area contributed by atoms with Gasteiger partial charge in [-0.3, -0.25) is 4.79 Å². The minimum absolute atomic E-state index is 0.0755. The zero-order chi connectivity index (χ0) is 29.9. The molecular weight excluding hydrogens is 551 g/mol. The zero-order valence-corrected chi connectivity index (χ0v) is 22.9. The van der Waals surface area contributed by atoms with Gasteiger partial charge in [-0.1, -0.05) is 24.3 Å². The van der Waals surface area contributed by atoms with Crippen LogP contribution in [-0.2, 0) is 17.4 Å². The fourth-order valence-electron chi connectivity index (χ4n) is 4.59. The molecule has 9 nitrogen and oxygen atoms in total. The predicted octanol–water partition coefficient (Wildman–Crippen LogP) is 5.25. The number of carbonyl (C=O) groups is 2. The Labute approximate surface area is 239 Å². The number of carbonyl (C=O) groups excluding carboxylic acids is 2. The molecule has 1 saturated heterocycles. The Morgan fingerprint density at radius 2 is 1.62 bits per heavy atom. The first-order valence-corrected chi connectivity index (χ1v) is 13.1. The Morgan fingerprint density at radius 1 is 0.929 bits per heavy atom. The molecule has 0 aliphatic carbocycles. The van der Waals surface area contributed by atoms with E-state index in [-0.39, 0.29) is 18.1 Å². The lowest BCUT2D eigenvalue weighted by molar-refractivity contribution is -0.137. The molecular formula is C30H28F3N5O4. The smallest absolute Gasteiger partial charge is 0.416 e. The number of hydrogen-bond donors (Lipinski definition) is 1. The van der Waals surface area contributed by atoms with Gasteiger partial charge in [0, 0.05) is 48.9 Å². The molecule has 0 bridgehead atoms. The zero-order valence-electron chi connectivity index (χ0n) is 22.9. The van der Waals surface area contributed by atoms with E-state index < -0.39 is 17.8 Å². The van der Waals surface area contributed by atoms with Crippen LogP contribution in [0.5, 0.6) is 11.5 Å². The largest absolute Gasteiger partial charge is 0.493 e. The quantitative estimate of drug-likeness (QED) is 0.333. The third-order valence-electron chi connectivity index (χ3n) is 6.97. The Balaban J connectivity index is 1.32. The van der Waals surface area contributed by atoms with Gasteiger partial charge in [-0.2, -0.15) is 13.2 Å². The van der Waals surface area contributed by atoms with Crippen LogP contribution in [0.1, 0.15) is 11.1 Å². The normalized spacial score (nSPS) is 14.1. The number of methoxy groups -OCH3 is 1. The van der Waals surface area contributed by atoms with Crippen molar-refractivity contribution >= 4 is 28.6 Å². The lowest BCUT2D eigenvalue weighted by Gasteiger charge is -2.31. The number of piperazine rings is 1. The van der Waals surface area contributed by atoms with Crippen LogP contribution in [0, 0.1) is 0 Å². The van der Waals surface area contributed by atoms with E-state index in [0.717, 1.165) is 30.8 Å². The Morgan fingerprint density at radius 3 is 2.26 bits per heavy atom. The molecule has 1 aliphatic rings. The molecule has 12 heteroatoms. The van der Waals surface area contributed by atoms with Gasteiger partial charge in [-0.25, -0.2) is 14.8 Å². The molecule has 2 amide bonds. The van der Waals surface area contributed by atoms with Crippen molar-refractivity contribution in [1.29, 1.82) is 0 Å². The van der Waals surface area contributed by atoms with E-state index >= 15 is 0 Å². The number of nitrogens with one attached hydrogen (secondary N) is 1. The molecule has 1 fully saturated rings. The summed E-state index contributed by atoms with van der Waals surface area (Å²) in [6.07, 6.45) is -3.54. The van der Waals surface area contributed by atoms with Crippen LogP contribution >= 0.6 is 0 Å². The van der Waals surface area contributed by atoms with Gasteiger partial charge in [0.1, 0.15) is 6.33 Å². The highest BCUT2D eigenvalue weighted by atomic mass is 19.4. The first-order valence-electron chi connectivity index (χ1n) is 13.1. The van der Waals surface area contributed by atoms with Crippen molar-refractivity contribution in [3.05, 3.63) is 78.1 Å². The first kappa shape index (κ1) is 28.8. The molecule has 0 unspecified atom stereocenters. The molecule has 0 saturated carbocycles. The number of nitrogens with zero attached hydrogens (tertiary/aromatic N) is 4. The minimum atomic E-state index is -4.43. The van der Waals surface area contributed by atoms with E-state index in [1.54, 1.807) is 41.3 Å². The van der Waals surface area contributed by atoms with Crippen LogP contribution < -0.4 is 14.8 Å². The van der Waals surface area contributed by atoms with Gasteiger partial charge in [-0.15, -0.1) is 0 Å². The summed E-state index contributed by atoms with van der Waals surface area (Å²) in [5.41, 5.74) is 2.11. The number of halogens is 3. The average Bonchev–Trinajstić information content (AvgIpc) is 2.97. The maximum Gasteiger partial charge on any atom is 0.416 e. The van der Waals surface area contributed by atoms with E-state index in [2.05, 4.69) is 20.2 Å². The SMILES string of the molecule is COc1cc2ncnc(-c3ccc(NC(=O)Cc4ccc(C(F)(F)F)cc4)cc3)c2cc1OC(=O)N1CCN(C)CC1. The monoisotopic (exact) mass is 579 g/mol. The Hall–Kier alpha value is -4.71. The van der Waals surface area contributed by atoms with Gasteiger partial charge in [0.2, 0.25) is 5.91 Å². The van der Waals surface area contributed by atoms with Gasteiger partial charge in [0.15, 0.2) is 11.5 Å². The van der Waals surface area contributed by atoms with Gasteiger partial charge in [0.25, 0.3) is 0 Å². The van der Waals surface area contributed by atoms with Gasteiger partial charge in [-0.05, 0) is 42.9 Å². The van der Waals surface area contributed by atoms with E-state index in [0.29, 0.717) is 46.7 Å². The molecule has 0 spiro atoms. The molecule has 1 aliphatic heterocycles. The summed E-state index contributed by atoms with van der Waals surface area (Å²) in [5.74, 6) is 0.242. The number of fused-ring (bicyclic) bond motifs is 1. The number of aromatic nitrogens is 2. The summed E-state index contributed by atoms with van der Waals surface area (Å²) in [6, 6.07) is 14.8. The third-order valence-corrected chi connectivity index (χ3v) is 6.97.